The zero-order valence-corrected chi connectivity index (χ0v) is 12.5. The largest absolute Gasteiger partial charge is 0.385 e. The predicted octanol–water partition coefficient (Wildman–Crippen LogP) is 3.31. The summed E-state index contributed by atoms with van der Waals surface area (Å²) >= 11 is 0. The van der Waals surface area contributed by atoms with Crippen LogP contribution in [0.5, 0.6) is 0 Å². The quantitative estimate of drug-likeness (QED) is 0.850. The molecule has 2 aliphatic heterocycles. The second kappa shape index (κ2) is 5.47. The van der Waals surface area contributed by atoms with Crippen LogP contribution in [-0.4, -0.2) is 29.9 Å². The highest BCUT2D eigenvalue weighted by Gasteiger charge is 2.30. The Morgan fingerprint density at radius 2 is 2.15 bits per heavy atom. The van der Waals surface area contributed by atoms with Crippen molar-refractivity contribution in [3.63, 3.8) is 0 Å². The molecule has 1 N–H and O–H groups in total. The van der Waals surface area contributed by atoms with E-state index < -0.39 is 0 Å². The second-order valence-corrected chi connectivity index (χ2v) is 6.22. The Kier molecular flexibility index (Phi) is 3.68. The lowest BCUT2D eigenvalue weighted by molar-refractivity contribution is 0.0550. The van der Waals surface area contributed by atoms with Gasteiger partial charge in [0.25, 0.3) is 5.91 Å². The maximum Gasteiger partial charge on any atom is 0.254 e. The smallest absolute Gasteiger partial charge is 0.254 e. The molecular weight excluding hydrogens is 248 g/mol. The Hall–Kier alpha value is -1.51. The van der Waals surface area contributed by atoms with Crippen molar-refractivity contribution in [2.24, 2.45) is 5.92 Å². The number of carbonyl (C=O) groups is 1. The highest BCUT2D eigenvalue weighted by Crippen LogP contribution is 2.29. The van der Waals surface area contributed by atoms with Gasteiger partial charge in [0.15, 0.2) is 0 Å². The molecule has 108 valence electrons. The van der Waals surface area contributed by atoms with Gasteiger partial charge in [-0.2, -0.15) is 0 Å². The second-order valence-electron chi connectivity index (χ2n) is 6.22. The molecule has 1 fully saturated rings. The number of piperidine rings is 1. The first-order chi connectivity index (χ1) is 9.68. The lowest BCUT2D eigenvalue weighted by Crippen LogP contribution is -2.46. The lowest BCUT2D eigenvalue weighted by atomic mass is 9.90. The fourth-order valence-corrected chi connectivity index (χ4v) is 3.49. The Labute approximate surface area is 121 Å². The van der Waals surface area contributed by atoms with Crippen LogP contribution in [0.15, 0.2) is 18.2 Å². The van der Waals surface area contributed by atoms with Crippen molar-refractivity contribution in [3.05, 3.63) is 29.3 Å². The Morgan fingerprint density at radius 1 is 1.30 bits per heavy atom. The predicted molar refractivity (Wildman–Crippen MR) is 82.1 cm³/mol. The van der Waals surface area contributed by atoms with E-state index >= 15 is 0 Å². The molecule has 1 saturated heterocycles. The molecular formula is C17H24N2O. The molecule has 3 rings (SSSR count). The van der Waals surface area contributed by atoms with Gasteiger partial charge in [0.05, 0.1) is 0 Å². The lowest BCUT2D eigenvalue weighted by Gasteiger charge is -2.38. The Balaban J connectivity index is 1.91. The first-order valence-electron chi connectivity index (χ1n) is 7.85. The summed E-state index contributed by atoms with van der Waals surface area (Å²) in [4.78, 5) is 15.0. The standard InChI is InChI=1S/C17H24N2O/c1-12-6-5-11-19(13(12)2)17(20)15-7-3-9-16-14(15)8-4-10-18-16/h3,7,9,12-13,18H,4-6,8,10-11H2,1-2H3. The molecule has 2 heterocycles. The summed E-state index contributed by atoms with van der Waals surface area (Å²) in [6.45, 7) is 6.37. The molecule has 1 aromatic carbocycles. The minimum atomic E-state index is 0.226. The molecule has 3 heteroatoms. The molecule has 0 aliphatic carbocycles. The third-order valence-electron chi connectivity index (χ3n) is 4.96. The van der Waals surface area contributed by atoms with Crippen LogP contribution in [0, 0.1) is 5.92 Å². The van der Waals surface area contributed by atoms with Crippen molar-refractivity contribution in [1.82, 2.24) is 4.90 Å². The SMILES string of the molecule is CC1CCCN(C(=O)c2cccc3c2CCCN3)C1C. The average Bonchev–Trinajstić information content (AvgIpc) is 2.49. The molecule has 2 unspecified atom stereocenters. The van der Waals surface area contributed by atoms with Gasteiger partial charge in [-0.1, -0.05) is 13.0 Å². The van der Waals surface area contributed by atoms with Gasteiger partial charge in [0.1, 0.15) is 0 Å². The summed E-state index contributed by atoms with van der Waals surface area (Å²) in [5.41, 5.74) is 3.28. The van der Waals surface area contributed by atoms with E-state index in [0.717, 1.165) is 43.6 Å². The van der Waals surface area contributed by atoms with Gasteiger partial charge in [0, 0.05) is 30.4 Å². The fraction of sp³-hybridized carbons (Fsp3) is 0.588. The van der Waals surface area contributed by atoms with Crippen LogP contribution < -0.4 is 5.32 Å². The van der Waals surface area contributed by atoms with E-state index in [4.69, 9.17) is 0 Å². The number of nitrogens with zero attached hydrogens (tertiary/aromatic N) is 1. The van der Waals surface area contributed by atoms with Crippen LogP contribution >= 0.6 is 0 Å². The molecule has 0 aromatic heterocycles. The molecule has 20 heavy (non-hydrogen) atoms. The minimum Gasteiger partial charge on any atom is -0.385 e. The van der Waals surface area contributed by atoms with Crippen molar-refractivity contribution >= 4 is 11.6 Å². The number of hydrogen-bond acceptors (Lipinski definition) is 2. The highest BCUT2D eigenvalue weighted by molar-refractivity contribution is 5.97. The molecule has 2 atom stereocenters. The number of likely N-dealkylation sites (tertiary alicyclic amines) is 1. The van der Waals surface area contributed by atoms with Gasteiger partial charge in [-0.15, -0.1) is 0 Å². The zero-order chi connectivity index (χ0) is 14.1. The Morgan fingerprint density at radius 3 is 3.00 bits per heavy atom. The monoisotopic (exact) mass is 272 g/mol. The van der Waals surface area contributed by atoms with Crippen LogP contribution in [0.4, 0.5) is 5.69 Å². The first kappa shape index (κ1) is 13.5. The molecule has 0 radical (unpaired) electrons. The summed E-state index contributed by atoms with van der Waals surface area (Å²) in [6.07, 6.45) is 4.50. The van der Waals surface area contributed by atoms with Crippen LogP contribution in [0.3, 0.4) is 0 Å². The maximum atomic E-state index is 12.9. The van der Waals surface area contributed by atoms with E-state index in [9.17, 15) is 4.79 Å². The van der Waals surface area contributed by atoms with E-state index in [1.165, 1.54) is 12.0 Å². The van der Waals surface area contributed by atoms with Crippen LogP contribution in [0.2, 0.25) is 0 Å². The van der Waals surface area contributed by atoms with E-state index in [1.807, 2.05) is 12.1 Å². The van der Waals surface area contributed by atoms with Crippen molar-refractivity contribution < 1.29 is 4.79 Å². The summed E-state index contributed by atoms with van der Waals surface area (Å²) in [6, 6.07) is 6.44. The molecule has 0 saturated carbocycles. The summed E-state index contributed by atoms with van der Waals surface area (Å²) in [7, 11) is 0. The molecule has 0 bridgehead atoms. The van der Waals surface area contributed by atoms with Gasteiger partial charge in [-0.3, -0.25) is 4.79 Å². The normalized spacial score (nSPS) is 25.8. The minimum absolute atomic E-state index is 0.226. The number of nitrogens with one attached hydrogen (secondary N) is 1. The number of rotatable bonds is 1. The van der Waals surface area contributed by atoms with Gasteiger partial charge in [0.2, 0.25) is 0 Å². The molecule has 3 nitrogen and oxygen atoms in total. The van der Waals surface area contributed by atoms with Crippen LogP contribution in [0.1, 0.15) is 49.0 Å². The van der Waals surface area contributed by atoms with E-state index in [-0.39, 0.29) is 5.91 Å². The van der Waals surface area contributed by atoms with Gasteiger partial charge >= 0.3 is 0 Å². The van der Waals surface area contributed by atoms with Crippen LogP contribution in [-0.2, 0) is 6.42 Å². The molecule has 2 aliphatic rings. The van der Waals surface area contributed by atoms with Gasteiger partial charge < -0.3 is 10.2 Å². The number of carbonyl (C=O) groups excluding carboxylic acids is 1. The number of hydrogen-bond donors (Lipinski definition) is 1. The number of fused-ring (bicyclic) bond motifs is 1. The maximum absolute atomic E-state index is 12.9. The van der Waals surface area contributed by atoms with Crippen molar-refractivity contribution in [2.75, 3.05) is 18.4 Å². The summed E-state index contributed by atoms with van der Waals surface area (Å²) in [5.74, 6) is 0.829. The van der Waals surface area contributed by atoms with Crippen LogP contribution in [0.25, 0.3) is 0 Å². The van der Waals surface area contributed by atoms with Crippen molar-refractivity contribution in [3.8, 4) is 0 Å². The van der Waals surface area contributed by atoms with Gasteiger partial charge in [-0.25, -0.2) is 0 Å². The van der Waals surface area contributed by atoms with Crippen molar-refractivity contribution in [2.45, 2.75) is 45.6 Å². The Bertz CT molecular complexity index is 512. The van der Waals surface area contributed by atoms with E-state index in [2.05, 4.69) is 30.1 Å². The van der Waals surface area contributed by atoms with E-state index in [0.29, 0.717) is 12.0 Å². The number of amides is 1. The molecule has 1 aromatic rings. The van der Waals surface area contributed by atoms with Crippen molar-refractivity contribution in [1.29, 1.82) is 0 Å². The average molecular weight is 272 g/mol. The fourth-order valence-electron chi connectivity index (χ4n) is 3.49. The summed E-state index contributed by atoms with van der Waals surface area (Å²) in [5, 5.41) is 3.41. The topological polar surface area (TPSA) is 32.3 Å². The number of benzene rings is 1. The molecule has 1 amide bonds. The third-order valence-corrected chi connectivity index (χ3v) is 4.96. The number of anilines is 1. The van der Waals surface area contributed by atoms with Gasteiger partial charge in [-0.05, 0) is 56.2 Å². The third kappa shape index (κ3) is 2.30. The molecule has 0 spiro atoms. The highest BCUT2D eigenvalue weighted by atomic mass is 16.2. The van der Waals surface area contributed by atoms with E-state index in [1.54, 1.807) is 0 Å². The first-order valence-corrected chi connectivity index (χ1v) is 7.85. The summed E-state index contributed by atoms with van der Waals surface area (Å²) < 4.78 is 0. The zero-order valence-electron chi connectivity index (χ0n) is 12.5.